The maximum absolute atomic E-state index is 13.0. The number of nitrogens with zero attached hydrogens (tertiary/aromatic N) is 1. The van der Waals surface area contributed by atoms with E-state index in [9.17, 15) is 13.2 Å². The molecule has 0 aliphatic carbocycles. The Bertz CT molecular complexity index is 1990. The van der Waals surface area contributed by atoms with Gasteiger partial charge in [0.1, 0.15) is 4.83 Å². The number of halogens is 3. The van der Waals surface area contributed by atoms with Gasteiger partial charge in [-0.2, -0.15) is 13.2 Å². The fraction of sp³-hybridized carbons (Fsp3) is 0.0294. The molecule has 0 unspecified atom stereocenters. The summed E-state index contributed by atoms with van der Waals surface area (Å²) < 4.78 is 40.1. The Labute approximate surface area is 226 Å². The van der Waals surface area contributed by atoms with E-state index in [0.29, 0.717) is 0 Å². The first-order valence-corrected chi connectivity index (χ1v) is 13.3. The van der Waals surface area contributed by atoms with Gasteiger partial charge in [-0.25, -0.2) is 4.98 Å². The molecule has 0 amide bonds. The van der Waals surface area contributed by atoms with Crippen LogP contribution >= 0.6 is 11.3 Å². The molecule has 0 saturated carbocycles. The summed E-state index contributed by atoms with van der Waals surface area (Å²) in [6.07, 6.45) is -2.51. The molecule has 0 bridgehead atoms. The lowest BCUT2D eigenvalue weighted by Gasteiger charge is -2.10. The quantitative estimate of drug-likeness (QED) is 0.221. The van der Waals surface area contributed by atoms with Gasteiger partial charge in [-0.3, -0.25) is 0 Å². The Balaban J connectivity index is 1.20. The third-order valence-electron chi connectivity index (χ3n) is 7.18. The second-order valence-corrected chi connectivity index (χ2v) is 10.6. The van der Waals surface area contributed by atoms with Crippen LogP contribution in [-0.4, -0.2) is 4.98 Å². The Morgan fingerprint density at radius 1 is 0.513 bits per heavy atom. The highest BCUT2D eigenvalue weighted by Gasteiger charge is 2.29. The van der Waals surface area contributed by atoms with Gasteiger partial charge in [0.2, 0.25) is 0 Å². The molecule has 5 heteroatoms. The SMILES string of the molecule is FC(F)(F)c1ccc(-c2ccc3ccc(-c4ccc(-c5ccc6sc7ncccc7c6c5)cc4)cc3c2)cc1. The Hall–Kier alpha value is -4.48. The second kappa shape index (κ2) is 9.07. The number of rotatable bonds is 3. The summed E-state index contributed by atoms with van der Waals surface area (Å²) in [4.78, 5) is 5.55. The normalized spacial score (nSPS) is 12.0. The first-order chi connectivity index (χ1) is 18.9. The highest BCUT2D eigenvalue weighted by atomic mass is 32.1. The first-order valence-electron chi connectivity index (χ1n) is 12.5. The van der Waals surface area contributed by atoms with E-state index >= 15 is 0 Å². The molecule has 0 spiro atoms. The van der Waals surface area contributed by atoms with Gasteiger partial charge in [-0.1, -0.05) is 66.7 Å². The number of aromatic nitrogens is 1. The van der Waals surface area contributed by atoms with Gasteiger partial charge in [-0.15, -0.1) is 11.3 Å². The summed E-state index contributed by atoms with van der Waals surface area (Å²) in [7, 11) is 0. The van der Waals surface area contributed by atoms with Gasteiger partial charge in [0.05, 0.1) is 5.56 Å². The smallest absolute Gasteiger partial charge is 0.245 e. The van der Waals surface area contributed by atoms with Crippen LogP contribution in [0.2, 0.25) is 0 Å². The Morgan fingerprint density at radius 2 is 1.05 bits per heavy atom. The number of benzene rings is 5. The van der Waals surface area contributed by atoms with Crippen molar-refractivity contribution < 1.29 is 13.2 Å². The molecule has 0 aliphatic heterocycles. The average molecular weight is 532 g/mol. The summed E-state index contributed by atoms with van der Waals surface area (Å²) in [5.41, 5.74) is 5.50. The molecular formula is C34H20F3NS. The van der Waals surface area contributed by atoms with Gasteiger partial charge in [0.15, 0.2) is 0 Å². The monoisotopic (exact) mass is 531 g/mol. The molecule has 0 saturated heterocycles. The van der Waals surface area contributed by atoms with E-state index in [4.69, 9.17) is 0 Å². The molecule has 0 atom stereocenters. The fourth-order valence-electron chi connectivity index (χ4n) is 5.10. The standard InChI is InChI=1S/C34H20F3NS/c35-34(36,37)29-14-11-23(12-15-29)26-10-8-24-7-9-25(18-28(24)19-26)21-3-5-22(6-4-21)27-13-16-32-31(20-27)30-2-1-17-38-33(30)39-32/h1-20H. The van der Waals surface area contributed by atoms with Crippen molar-refractivity contribution in [3.63, 3.8) is 0 Å². The minimum Gasteiger partial charge on any atom is -0.245 e. The predicted molar refractivity (Wildman–Crippen MR) is 156 cm³/mol. The molecule has 0 radical (unpaired) electrons. The lowest BCUT2D eigenvalue weighted by Crippen LogP contribution is -2.03. The summed E-state index contributed by atoms with van der Waals surface area (Å²) in [6.45, 7) is 0. The zero-order chi connectivity index (χ0) is 26.6. The number of thiophene rings is 1. The molecule has 7 aromatic rings. The van der Waals surface area contributed by atoms with Crippen LogP contribution < -0.4 is 0 Å². The summed E-state index contributed by atoms with van der Waals surface area (Å²) in [5.74, 6) is 0. The summed E-state index contributed by atoms with van der Waals surface area (Å²) in [5, 5.41) is 4.53. The van der Waals surface area contributed by atoms with Crippen molar-refractivity contribution >= 4 is 42.4 Å². The highest BCUT2D eigenvalue weighted by molar-refractivity contribution is 7.25. The second-order valence-electron chi connectivity index (χ2n) is 9.60. The van der Waals surface area contributed by atoms with E-state index in [-0.39, 0.29) is 0 Å². The van der Waals surface area contributed by atoms with Crippen molar-refractivity contribution in [3.8, 4) is 33.4 Å². The highest BCUT2D eigenvalue weighted by Crippen LogP contribution is 2.36. The lowest BCUT2D eigenvalue weighted by molar-refractivity contribution is -0.137. The number of hydrogen-bond acceptors (Lipinski definition) is 2. The van der Waals surface area contributed by atoms with Gasteiger partial charge >= 0.3 is 6.18 Å². The van der Waals surface area contributed by atoms with E-state index in [1.807, 2.05) is 30.5 Å². The molecule has 5 aromatic carbocycles. The molecular weight excluding hydrogens is 511 g/mol. The largest absolute Gasteiger partial charge is 0.416 e. The molecule has 188 valence electrons. The average Bonchev–Trinajstić information content (AvgIpc) is 3.34. The molecule has 0 fully saturated rings. The molecule has 1 nitrogen and oxygen atoms in total. The topological polar surface area (TPSA) is 12.9 Å². The Morgan fingerprint density at radius 3 is 1.67 bits per heavy atom. The van der Waals surface area contributed by atoms with Crippen molar-refractivity contribution in [1.29, 1.82) is 0 Å². The van der Waals surface area contributed by atoms with Gasteiger partial charge < -0.3 is 0 Å². The van der Waals surface area contributed by atoms with Crippen LogP contribution in [0.25, 0.3) is 64.5 Å². The van der Waals surface area contributed by atoms with Gasteiger partial charge in [0, 0.05) is 21.7 Å². The predicted octanol–water partition coefficient (Wildman–Crippen LogP) is 10.6. The fourth-order valence-corrected chi connectivity index (χ4v) is 6.13. The zero-order valence-corrected chi connectivity index (χ0v) is 21.4. The van der Waals surface area contributed by atoms with Gasteiger partial charge in [-0.05, 0) is 92.7 Å². The van der Waals surface area contributed by atoms with E-state index in [1.54, 1.807) is 11.3 Å². The van der Waals surface area contributed by atoms with E-state index < -0.39 is 11.7 Å². The van der Waals surface area contributed by atoms with E-state index in [1.165, 1.54) is 27.6 Å². The third-order valence-corrected chi connectivity index (χ3v) is 8.28. The van der Waals surface area contributed by atoms with Crippen molar-refractivity contribution in [2.75, 3.05) is 0 Å². The molecule has 2 aromatic heterocycles. The molecule has 2 heterocycles. The van der Waals surface area contributed by atoms with Crippen LogP contribution in [0.15, 0.2) is 121 Å². The summed E-state index contributed by atoms with van der Waals surface area (Å²) >= 11 is 1.71. The Kier molecular flexibility index (Phi) is 5.49. The van der Waals surface area contributed by atoms with Crippen molar-refractivity contribution in [3.05, 3.63) is 127 Å². The van der Waals surface area contributed by atoms with Crippen LogP contribution in [0.3, 0.4) is 0 Å². The van der Waals surface area contributed by atoms with E-state index in [0.717, 1.165) is 61.1 Å². The number of pyridine rings is 1. The number of alkyl halides is 3. The molecule has 0 N–H and O–H groups in total. The number of hydrogen-bond donors (Lipinski definition) is 0. The summed E-state index contributed by atoms with van der Waals surface area (Å²) in [6, 6.07) is 36.8. The molecule has 39 heavy (non-hydrogen) atoms. The maximum atomic E-state index is 13.0. The first kappa shape index (κ1) is 23.6. The molecule has 7 rings (SSSR count). The molecule has 0 aliphatic rings. The van der Waals surface area contributed by atoms with Crippen molar-refractivity contribution in [2.45, 2.75) is 6.18 Å². The van der Waals surface area contributed by atoms with Crippen LogP contribution in [0.1, 0.15) is 5.56 Å². The minimum absolute atomic E-state index is 0.640. The third kappa shape index (κ3) is 4.35. The van der Waals surface area contributed by atoms with E-state index in [2.05, 4.69) is 71.7 Å². The van der Waals surface area contributed by atoms with Crippen LogP contribution in [-0.2, 0) is 6.18 Å². The van der Waals surface area contributed by atoms with Crippen LogP contribution in [0.5, 0.6) is 0 Å². The lowest BCUT2D eigenvalue weighted by atomic mass is 9.96. The number of fused-ring (bicyclic) bond motifs is 4. The maximum Gasteiger partial charge on any atom is 0.416 e. The van der Waals surface area contributed by atoms with Crippen molar-refractivity contribution in [2.24, 2.45) is 0 Å². The van der Waals surface area contributed by atoms with Crippen molar-refractivity contribution in [1.82, 2.24) is 4.98 Å². The van der Waals surface area contributed by atoms with Gasteiger partial charge in [0.25, 0.3) is 0 Å². The van der Waals surface area contributed by atoms with Crippen LogP contribution in [0, 0.1) is 0 Å². The minimum atomic E-state index is -4.34. The van der Waals surface area contributed by atoms with Crippen LogP contribution in [0.4, 0.5) is 13.2 Å². The zero-order valence-electron chi connectivity index (χ0n) is 20.5.